The molecule has 0 aliphatic heterocycles. The predicted molar refractivity (Wildman–Crippen MR) is 101 cm³/mol. The van der Waals surface area contributed by atoms with Crippen LogP contribution < -0.4 is 0 Å². The van der Waals surface area contributed by atoms with E-state index in [9.17, 15) is 0 Å². The molecule has 124 valence electrons. The van der Waals surface area contributed by atoms with Crippen molar-refractivity contribution in [1.82, 2.24) is 4.37 Å². The number of aromatic nitrogens is 1. The summed E-state index contributed by atoms with van der Waals surface area (Å²) in [5, 5.41) is 0. The van der Waals surface area contributed by atoms with Crippen molar-refractivity contribution in [1.29, 1.82) is 0 Å². The zero-order chi connectivity index (χ0) is 15.7. The summed E-state index contributed by atoms with van der Waals surface area (Å²) in [6.45, 7) is 0. The summed E-state index contributed by atoms with van der Waals surface area (Å²) in [6.07, 6.45) is 17.6. The molecule has 1 heterocycles. The summed E-state index contributed by atoms with van der Waals surface area (Å²) in [5.74, 6) is 1.06. The SMILES string of the molecule is c1cc(CCCCCCC2CCCCC2)cc(-c2ccns2)c1. The van der Waals surface area contributed by atoms with E-state index < -0.39 is 0 Å². The summed E-state index contributed by atoms with van der Waals surface area (Å²) < 4.78 is 4.20. The number of hydrogen-bond acceptors (Lipinski definition) is 2. The van der Waals surface area contributed by atoms with Gasteiger partial charge in [0.25, 0.3) is 0 Å². The molecule has 1 nitrogen and oxygen atoms in total. The molecule has 0 atom stereocenters. The van der Waals surface area contributed by atoms with Crippen LogP contribution in [0.2, 0.25) is 0 Å². The van der Waals surface area contributed by atoms with Crippen molar-refractivity contribution < 1.29 is 0 Å². The van der Waals surface area contributed by atoms with Gasteiger partial charge >= 0.3 is 0 Å². The largest absolute Gasteiger partial charge is 0.201 e. The predicted octanol–water partition coefficient (Wildman–Crippen LogP) is 6.88. The van der Waals surface area contributed by atoms with Crippen LogP contribution in [0.1, 0.15) is 69.8 Å². The quantitative estimate of drug-likeness (QED) is 0.481. The van der Waals surface area contributed by atoms with Gasteiger partial charge in [-0.15, -0.1) is 0 Å². The van der Waals surface area contributed by atoms with E-state index in [1.54, 1.807) is 11.5 Å². The van der Waals surface area contributed by atoms with Gasteiger partial charge in [0.15, 0.2) is 0 Å². The lowest BCUT2D eigenvalue weighted by Crippen LogP contribution is -2.05. The zero-order valence-electron chi connectivity index (χ0n) is 14.2. The lowest BCUT2D eigenvalue weighted by molar-refractivity contribution is 0.328. The maximum absolute atomic E-state index is 4.20. The average molecular weight is 328 g/mol. The molecule has 0 spiro atoms. The fraction of sp³-hybridized carbons (Fsp3) is 0.571. The van der Waals surface area contributed by atoms with Crippen molar-refractivity contribution in [3.63, 3.8) is 0 Å². The normalized spacial score (nSPS) is 15.8. The van der Waals surface area contributed by atoms with Crippen molar-refractivity contribution in [3.8, 4) is 10.4 Å². The highest BCUT2D eigenvalue weighted by Gasteiger charge is 2.12. The second kappa shape index (κ2) is 9.22. The first kappa shape index (κ1) is 16.7. The van der Waals surface area contributed by atoms with Crippen molar-refractivity contribution in [2.24, 2.45) is 5.92 Å². The van der Waals surface area contributed by atoms with Crippen LogP contribution in [0.3, 0.4) is 0 Å². The van der Waals surface area contributed by atoms with Crippen LogP contribution in [0, 0.1) is 5.92 Å². The maximum atomic E-state index is 4.20. The number of aryl methyl sites for hydroxylation is 1. The number of nitrogens with zero attached hydrogens (tertiary/aromatic N) is 1. The van der Waals surface area contributed by atoms with Gasteiger partial charge in [0, 0.05) is 6.20 Å². The minimum Gasteiger partial charge on any atom is -0.201 e. The van der Waals surface area contributed by atoms with Gasteiger partial charge in [-0.25, -0.2) is 4.37 Å². The molecular weight excluding hydrogens is 298 g/mol. The number of rotatable bonds is 8. The highest BCUT2D eigenvalue weighted by molar-refractivity contribution is 7.09. The van der Waals surface area contributed by atoms with E-state index in [-0.39, 0.29) is 0 Å². The first-order valence-corrected chi connectivity index (χ1v) is 10.2. The second-order valence-corrected chi connectivity index (χ2v) is 7.87. The third-order valence-corrected chi connectivity index (χ3v) is 6.00. The molecule has 1 aromatic carbocycles. The summed E-state index contributed by atoms with van der Waals surface area (Å²) in [4.78, 5) is 1.28. The third kappa shape index (κ3) is 5.46. The molecule has 1 aliphatic rings. The van der Waals surface area contributed by atoms with E-state index in [1.165, 1.54) is 86.6 Å². The molecule has 0 radical (unpaired) electrons. The number of unbranched alkanes of at least 4 members (excludes halogenated alkanes) is 3. The monoisotopic (exact) mass is 327 g/mol. The van der Waals surface area contributed by atoms with Gasteiger partial charge in [-0.05, 0) is 47.5 Å². The van der Waals surface area contributed by atoms with Crippen LogP contribution in [0.4, 0.5) is 0 Å². The second-order valence-electron chi connectivity index (χ2n) is 7.03. The molecule has 1 aromatic heterocycles. The van der Waals surface area contributed by atoms with E-state index in [1.807, 2.05) is 6.20 Å². The first-order chi connectivity index (χ1) is 11.4. The highest BCUT2D eigenvalue weighted by Crippen LogP contribution is 2.28. The molecule has 2 aromatic rings. The van der Waals surface area contributed by atoms with Crippen LogP contribution >= 0.6 is 11.5 Å². The summed E-state index contributed by atoms with van der Waals surface area (Å²) in [5.41, 5.74) is 2.80. The fourth-order valence-corrected chi connectivity index (χ4v) is 4.43. The van der Waals surface area contributed by atoms with Crippen LogP contribution in [-0.4, -0.2) is 4.37 Å². The van der Waals surface area contributed by atoms with Gasteiger partial charge in [-0.3, -0.25) is 0 Å². The summed E-state index contributed by atoms with van der Waals surface area (Å²) in [6, 6.07) is 11.1. The number of hydrogen-bond donors (Lipinski definition) is 0. The Bertz CT molecular complexity index is 555. The number of benzene rings is 1. The molecule has 0 amide bonds. The van der Waals surface area contributed by atoms with E-state index in [4.69, 9.17) is 0 Å². The Balaban J connectivity index is 1.33. The van der Waals surface area contributed by atoms with E-state index >= 15 is 0 Å². The van der Waals surface area contributed by atoms with Gasteiger partial charge in [0.05, 0.1) is 4.88 Å². The van der Waals surface area contributed by atoms with Crippen molar-refractivity contribution in [2.45, 2.75) is 70.6 Å². The Labute approximate surface area is 145 Å². The third-order valence-electron chi connectivity index (χ3n) is 5.20. The maximum Gasteiger partial charge on any atom is 0.0549 e. The van der Waals surface area contributed by atoms with Gasteiger partial charge in [-0.1, -0.05) is 82.1 Å². The Morgan fingerprint density at radius 2 is 1.83 bits per heavy atom. The topological polar surface area (TPSA) is 12.9 Å². The average Bonchev–Trinajstić information content (AvgIpc) is 3.14. The molecule has 0 N–H and O–H groups in total. The zero-order valence-corrected chi connectivity index (χ0v) is 15.0. The summed E-state index contributed by atoms with van der Waals surface area (Å²) >= 11 is 1.58. The Kier molecular flexibility index (Phi) is 6.69. The minimum atomic E-state index is 1.06. The molecule has 0 saturated heterocycles. The molecule has 2 heteroatoms. The molecular formula is C21H29NS. The van der Waals surface area contributed by atoms with Gasteiger partial charge in [0.1, 0.15) is 0 Å². The molecule has 3 rings (SSSR count). The van der Waals surface area contributed by atoms with Crippen molar-refractivity contribution >= 4 is 11.5 Å². The standard InChI is InChI=1S/C21H29NS/c1(4-9-18-10-6-3-7-11-18)2-5-12-19-13-8-14-20(17-19)21-15-16-22-23-21/h8,13-18H,1-7,9-12H2. The lowest BCUT2D eigenvalue weighted by Gasteiger charge is -2.21. The van der Waals surface area contributed by atoms with Gasteiger partial charge in [-0.2, -0.15) is 0 Å². The van der Waals surface area contributed by atoms with Crippen LogP contribution in [0.25, 0.3) is 10.4 Å². The highest BCUT2D eigenvalue weighted by atomic mass is 32.1. The summed E-state index contributed by atoms with van der Waals surface area (Å²) in [7, 11) is 0. The van der Waals surface area contributed by atoms with E-state index in [0.29, 0.717) is 0 Å². The lowest BCUT2D eigenvalue weighted by atomic mass is 9.85. The van der Waals surface area contributed by atoms with E-state index in [0.717, 1.165) is 5.92 Å². The molecule has 1 saturated carbocycles. The fourth-order valence-electron chi connectivity index (χ4n) is 3.84. The van der Waals surface area contributed by atoms with Gasteiger partial charge in [0.2, 0.25) is 0 Å². The first-order valence-electron chi connectivity index (χ1n) is 9.42. The van der Waals surface area contributed by atoms with Crippen LogP contribution in [0.5, 0.6) is 0 Å². The molecule has 1 fully saturated rings. The molecule has 0 bridgehead atoms. The minimum absolute atomic E-state index is 1.06. The van der Waals surface area contributed by atoms with Crippen LogP contribution in [-0.2, 0) is 6.42 Å². The Morgan fingerprint density at radius 1 is 0.957 bits per heavy atom. The van der Waals surface area contributed by atoms with Crippen LogP contribution in [0.15, 0.2) is 36.5 Å². The van der Waals surface area contributed by atoms with Crippen molar-refractivity contribution in [3.05, 3.63) is 42.1 Å². The van der Waals surface area contributed by atoms with Crippen molar-refractivity contribution in [2.75, 3.05) is 0 Å². The Morgan fingerprint density at radius 3 is 2.65 bits per heavy atom. The molecule has 1 aliphatic carbocycles. The smallest absolute Gasteiger partial charge is 0.0549 e. The van der Waals surface area contributed by atoms with Gasteiger partial charge < -0.3 is 0 Å². The molecule has 0 unspecified atom stereocenters. The molecule has 23 heavy (non-hydrogen) atoms. The van der Waals surface area contributed by atoms with E-state index in [2.05, 4.69) is 34.7 Å². The Hall–Kier alpha value is -1.15.